The Morgan fingerprint density at radius 1 is 0.929 bits per heavy atom. The Bertz CT molecular complexity index is 1190. The normalized spacial score (nSPS) is 11.9. The van der Waals surface area contributed by atoms with Crippen LogP contribution in [-0.2, 0) is 13.2 Å². The van der Waals surface area contributed by atoms with Crippen molar-refractivity contribution in [2.24, 2.45) is 7.05 Å². The van der Waals surface area contributed by atoms with Crippen LogP contribution in [0.15, 0.2) is 65.5 Å². The van der Waals surface area contributed by atoms with Gasteiger partial charge in [0.2, 0.25) is 5.69 Å². The largest absolute Gasteiger partial charge is 0.416 e. The van der Waals surface area contributed by atoms with Crippen molar-refractivity contribution in [2.45, 2.75) is 20.0 Å². The SMILES string of the molecule is Cc1c(-c2cco[n+]2C)cc(C(F)(F)F)cc1-[n+]1cc2ccccc2cc1C. The lowest BCUT2D eigenvalue weighted by Crippen LogP contribution is -2.36. The highest BCUT2D eigenvalue weighted by Crippen LogP contribution is 2.35. The van der Waals surface area contributed by atoms with E-state index in [1.165, 1.54) is 23.1 Å². The monoisotopic (exact) mass is 384 g/mol. The summed E-state index contributed by atoms with van der Waals surface area (Å²) in [7, 11) is 1.67. The van der Waals surface area contributed by atoms with E-state index in [2.05, 4.69) is 0 Å². The van der Waals surface area contributed by atoms with Crippen LogP contribution in [0.1, 0.15) is 16.8 Å². The summed E-state index contributed by atoms with van der Waals surface area (Å²) in [5.41, 5.74) is 2.47. The summed E-state index contributed by atoms with van der Waals surface area (Å²) >= 11 is 0. The second-order valence-corrected chi connectivity index (χ2v) is 6.87. The minimum atomic E-state index is -4.45. The lowest BCUT2D eigenvalue weighted by Gasteiger charge is -2.12. The van der Waals surface area contributed by atoms with Gasteiger partial charge >= 0.3 is 6.18 Å². The van der Waals surface area contributed by atoms with Crippen molar-refractivity contribution in [1.82, 2.24) is 0 Å². The van der Waals surface area contributed by atoms with Crippen molar-refractivity contribution in [3.63, 3.8) is 0 Å². The topological polar surface area (TPSA) is 20.9 Å². The second kappa shape index (κ2) is 6.48. The number of benzene rings is 2. The fourth-order valence-corrected chi connectivity index (χ4v) is 3.54. The van der Waals surface area contributed by atoms with E-state index in [1.807, 2.05) is 54.9 Å². The Hall–Kier alpha value is -3.15. The summed E-state index contributed by atoms with van der Waals surface area (Å²) in [6.45, 7) is 3.73. The molecule has 0 aliphatic rings. The highest BCUT2D eigenvalue weighted by Gasteiger charge is 2.35. The summed E-state index contributed by atoms with van der Waals surface area (Å²) < 4.78 is 49.5. The number of aromatic nitrogens is 2. The molecule has 2 aromatic heterocycles. The van der Waals surface area contributed by atoms with Gasteiger partial charge in [-0.1, -0.05) is 18.2 Å². The Kier molecular flexibility index (Phi) is 4.22. The molecule has 4 rings (SSSR count). The van der Waals surface area contributed by atoms with E-state index >= 15 is 0 Å². The lowest BCUT2D eigenvalue weighted by atomic mass is 9.99. The molecule has 0 amide bonds. The zero-order valence-corrected chi connectivity index (χ0v) is 15.7. The molecule has 0 spiro atoms. The summed E-state index contributed by atoms with van der Waals surface area (Å²) in [5, 5.41) is 2.00. The molecule has 0 N–H and O–H groups in total. The minimum Gasteiger partial charge on any atom is -0.244 e. The molecule has 0 atom stereocenters. The third-order valence-electron chi connectivity index (χ3n) is 5.04. The van der Waals surface area contributed by atoms with Crippen LogP contribution < -0.4 is 9.31 Å². The highest BCUT2D eigenvalue weighted by atomic mass is 19.4. The maximum absolute atomic E-state index is 13.7. The van der Waals surface area contributed by atoms with Crippen LogP contribution in [0.2, 0.25) is 0 Å². The molecule has 142 valence electrons. The number of rotatable bonds is 2. The number of aryl methyl sites for hydroxylation is 2. The number of hydrogen-bond donors (Lipinski definition) is 0. The Labute approximate surface area is 160 Å². The van der Waals surface area contributed by atoms with E-state index in [1.54, 1.807) is 13.1 Å². The summed E-state index contributed by atoms with van der Waals surface area (Å²) in [5.74, 6) is 0. The van der Waals surface area contributed by atoms with Crippen LogP contribution in [0.25, 0.3) is 27.7 Å². The van der Waals surface area contributed by atoms with Crippen LogP contribution in [0.5, 0.6) is 0 Å². The molecule has 0 fully saturated rings. The molecule has 4 aromatic rings. The van der Waals surface area contributed by atoms with Gasteiger partial charge in [0.1, 0.15) is 0 Å². The van der Waals surface area contributed by atoms with E-state index in [0.29, 0.717) is 16.9 Å². The van der Waals surface area contributed by atoms with Crippen LogP contribution in [-0.4, -0.2) is 0 Å². The molecule has 6 heteroatoms. The maximum Gasteiger partial charge on any atom is 0.416 e. The molecular weight excluding hydrogens is 365 g/mol. The first kappa shape index (κ1) is 18.2. The van der Waals surface area contributed by atoms with Crippen molar-refractivity contribution < 1.29 is 27.0 Å². The van der Waals surface area contributed by atoms with E-state index in [4.69, 9.17) is 4.52 Å². The molecule has 2 aromatic carbocycles. The molecule has 0 unspecified atom stereocenters. The van der Waals surface area contributed by atoms with Gasteiger partial charge in [-0.15, -0.1) is 0 Å². The molecule has 3 nitrogen and oxygen atoms in total. The number of nitrogens with zero attached hydrogens (tertiary/aromatic N) is 2. The van der Waals surface area contributed by atoms with Crippen LogP contribution >= 0.6 is 0 Å². The van der Waals surface area contributed by atoms with Crippen LogP contribution in [0.4, 0.5) is 13.2 Å². The van der Waals surface area contributed by atoms with Crippen LogP contribution in [0, 0.1) is 13.8 Å². The van der Waals surface area contributed by atoms with Crippen molar-refractivity contribution in [1.29, 1.82) is 0 Å². The first-order chi connectivity index (χ1) is 13.3. The number of fused-ring (bicyclic) bond motifs is 1. The number of halogens is 3. The number of pyridine rings is 1. The zero-order chi connectivity index (χ0) is 20.1. The number of hydrogen-bond acceptors (Lipinski definition) is 1. The highest BCUT2D eigenvalue weighted by molar-refractivity contribution is 5.81. The molecule has 0 aliphatic heterocycles. The smallest absolute Gasteiger partial charge is 0.244 e. The van der Waals surface area contributed by atoms with Crippen LogP contribution in [0.3, 0.4) is 0 Å². The van der Waals surface area contributed by atoms with Crippen molar-refractivity contribution >= 4 is 10.8 Å². The fourth-order valence-electron chi connectivity index (χ4n) is 3.54. The van der Waals surface area contributed by atoms with Gasteiger partial charge in [-0.05, 0) is 29.2 Å². The van der Waals surface area contributed by atoms with Crippen molar-refractivity contribution in [2.75, 3.05) is 0 Å². The fraction of sp³-hybridized carbons (Fsp3) is 0.182. The molecule has 0 radical (unpaired) electrons. The molecule has 0 bridgehead atoms. The predicted octanol–water partition coefficient (Wildman–Crippen LogP) is 4.84. The summed E-state index contributed by atoms with van der Waals surface area (Å²) in [6, 6.07) is 13.8. The van der Waals surface area contributed by atoms with Gasteiger partial charge in [-0.3, -0.25) is 0 Å². The van der Waals surface area contributed by atoms with Gasteiger partial charge in [-0.25, -0.2) is 4.52 Å². The first-order valence-electron chi connectivity index (χ1n) is 8.83. The molecule has 0 saturated heterocycles. The molecule has 28 heavy (non-hydrogen) atoms. The number of alkyl halides is 3. The Balaban J connectivity index is 2.04. The first-order valence-corrected chi connectivity index (χ1v) is 8.83. The van der Waals surface area contributed by atoms with Gasteiger partial charge in [0.05, 0.1) is 17.2 Å². The average Bonchev–Trinajstić information content (AvgIpc) is 3.06. The average molecular weight is 384 g/mol. The van der Waals surface area contributed by atoms with E-state index in [9.17, 15) is 13.2 Å². The molecular formula is C22H19F3N2O+2. The standard InChI is InChI=1S/C22H19F3N2O/c1-14-10-16-6-4-5-7-17(16)13-27(14)21-12-18(22(23,24)25)11-19(15(21)2)20-8-9-28-26(20)3/h4-13H,1-3H3/q+2. The van der Waals surface area contributed by atoms with Gasteiger partial charge in [0.15, 0.2) is 25.2 Å². The van der Waals surface area contributed by atoms with Gasteiger partial charge in [-0.2, -0.15) is 17.7 Å². The van der Waals surface area contributed by atoms with E-state index in [-0.39, 0.29) is 0 Å². The Morgan fingerprint density at radius 3 is 2.29 bits per heavy atom. The molecule has 0 aliphatic carbocycles. The van der Waals surface area contributed by atoms with E-state index < -0.39 is 11.7 Å². The van der Waals surface area contributed by atoms with Crippen molar-refractivity contribution in [3.8, 4) is 16.9 Å². The summed E-state index contributed by atoms with van der Waals surface area (Å²) in [6.07, 6.45) is -1.11. The van der Waals surface area contributed by atoms with Gasteiger partial charge in [0.25, 0.3) is 5.69 Å². The maximum atomic E-state index is 13.7. The molecule has 0 saturated carbocycles. The van der Waals surface area contributed by atoms with E-state index in [0.717, 1.165) is 22.0 Å². The minimum absolute atomic E-state index is 0.487. The zero-order valence-electron chi connectivity index (χ0n) is 15.7. The predicted molar refractivity (Wildman–Crippen MR) is 98.8 cm³/mol. The summed E-state index contributed by atoms with van der Waals surface area (Å²) in [4.78, 5) is 0. The second-order valence-electron chi connectivity index (χ2n) is 6.87. The van der Waals surface area contributed by atoms with Gasteiger partial charge in [0, 0.05) is 30.0 Å². The quantitative estimate of drug-likeness (QED) is 0.453. The van der Waals surface area contributed by atoms with Gasteiger partial charge < -0.3 is 0 Å². The molecule has 2 heterocycles. The van der Waals surface area contributed by atoms with Crippen molar-refractivity contribution in [3.05, 3.63) is 77.8 Å². The third-order valence-corrected chi connectivity index (χ3v) is 5.04. The third kappa shape index (κ3) is 3.05. The lowest BCUT2D eigenvalue weighted by molar-refractivity contribution is -0.836. The Morgan fingerprint density at radius 2 is 1.64 bits per heavy atom.